The normalized spacial score (nSPS) is 19.2. The highest BCUT2D eigenvalue weighted by atomic mass is 32.2. The van der Waals surface area contributed by atoms with Crippen LogP contribution in [0.4, 0.5) is 5.82 Å². The number of hydrogen-bond acceptors (Lipinski definition) is 5. The Morgan fingerprint density at radius 3 is 2.95 bits per heavy atom. The highest BCUT2D eigenvalue weighted by Gasteiger charge is 2.25. The summed E-state index contributed by atoms with van der Waals surface area (Å²) in [4.78, 5) is 11.7. The largest absolute Gasteiger partial charge is 0.360 e. The van der Waals surface area contributed by atoms with Gasteiger partial charge in [-0.25, -0.2) is 12.7 Å². The molecule has 0 spiro atoms. The SMILES string of the molecule is Cc1cc(NC(=O)CCN2CCCCS2(=O)=O)no1. The molecule has 0 aliphatic carbocycles. The molecular weight excluding hydrogens is 270 g/mol. The maximum Gasteiger partial charge on any atom is 0.226 e. The third kappa shape index (κ3) is 3.77. The second-order valence-corrected chi connectivity index (χ2v) is 6.63. The first-order chi connectivity index (χ1) is 8.97. The van der Waals surface area contributed by atoms with E-state index in [0.717, 1.165) is 6.42 Å². The summed E-state index contributed by atoms with van der Waals surface area (Å²) in [5.41, 5.74) is 0. The van der Waals surface area contributed by atoms with Gasteiger partial charge in [-0.3, -0.25) is 4.79 Å². The Morgan fingerprint density at radius 1 is 1.53 bits per heavy atom. The number of carbonyl (C=O) groups is 1. The van der Waals surface area contributed by atoms with Crippen molar-refractivity contribution in [1.82, 2.24) is 9.46 Å². The molecule has 7 nitrogen and oxygen atoms in total. The van der Waals surface area contributed by atoms with Crippen LogP contribution in [0.15, 0.2) is 10.6 Å². The number of hydrogen-bond donors (Lipinski definition) is 1. The first kappa shape index (κ1) is 14.0. The van der Waals surface area contributed by atoms with Crippen molar-refractivity contribution in [2.75, 3.05) is 24.2 Å². The van der Waals surface area contributed by atoms with Crippen molar-refractivity contribution < 1.29 is 17.7 Å². The van der Waals surface area contributed by atoms with Crippen molar-refractivity contribution in [2.45, 2.75) is 26.2 Å². The topological polar surface area (TPSA) is 92.5 Å². The Kier molecular flexibility index (Phi) is 4.20. The number of amides is 1. The van der Waals surface area contributed by atoms with Crippen LogP contribution in [0.2, 0.25) is 0 Å². The Balaban J connectivity index is 1.83. The molecule has 1 aliphatic rings. The molecule has 2 rings (SSSR count). The van der Waals surface area contributed by atoms with Crippen LogP contribution in [0, 0.1) is 6.92 Å². The fraction of sp³-hybridized carbons (Fsp3) is 0.636. The van der Waals surface area contributed by atoms with Gasteiger partial charge in [-0.1, -0.05) is 5.16 Å². The molecule has 0 unspecified atom stereocenters. The summed E-state index contributed by atoms with van der Waals surface area (Å²) in [5.74, 6) is 0.865. The number of nitrogens with one attached hydrogen (secondary N) is 1. The lowest BCUT2D eigenvalue weighted by atomic mass is 10.3. The Bertz CT molecular complexity index is 552. The van der Waals surface area contributed by atoms with Crippen LogP contribution < -0.4 is 5.32 Å². The van der Waals surface area contributed by atoms with E-state index in [2.05, 4.69) is 10.5 Å². The smallest absolute Gasteiger partial charge is 0.226 e. The molecule has 19 heavy (non-hydrogen) atoms. The molecule has 0 bridgehead atoms. The molecule has 1 N–H and O–H groups in total. The van der Waals surface area contributed by atoms with Crippen molar-refractivity contribution in [2.24, 2.45) is 0 Å². The van der Waals surface area contributed by atoms with Gasteiger partial charge < -0.3 is 9.84 Å². The van der Waals surface area contributed by atoms with Gasteiger partial charge in [-0.15, -0.1) is 0 Å². The van der Waals surface area contributed by atoms with Gasteiger partial charge in [0.05, 0.1) is 5.75 Å². The van der Waals surface area contributed by atoms with Crippen LogP contribution in [-0.2, 0) is 14.8 Å². The Hall–Kier alpha value is -1.41. The summed E-state index contributed by atoms with van der Waals surface area (Å²) in [6.45, 7) is 2.44. The maximum atomic E-state index is 11.7. The molecule has 1 aromatic heterocycles. The molecule has 0 aromatic carbocycles. The molecule has 0 radical (unpaired) electrons. The quantitative estimate of drug-likeness (QED) is 0.881. The summed E-state index contributed by atoms with van der Waals surface area (Å²) in [6.07, 6.45) is 1.66. The van der Waals surface area contributed by atoms with Crippen molar-refractivity contribution >= 4 is 21.7 Å². The third-order valence-corrected chi connectivity index (χ3v) is 4.89. The molecule has 1 saturated heterocycles. The first-order valence-electron chi connectivity index (χ1n) is 6.18. The van der Waals surface area contributed by atoms with Gasteiger partial charge in [0.2, 0.25) is 15.9 Å². The summed E-state index contributed by atoms with van der Waals surface area (Å²) >= 11 is 0. The highest BCUT2D eigenvalue weighted by Crippen LogP contribution is 2.14. The van der Waals surface area contributed by atoms with Gasteiger partial charge in [0.1, 0.15) is 5.76 Å². The number of rotatable bonds is 4. The second kappa shape index (κ2) is 5.70. The molecule has 1 fully saturated rings. The summed E-state index contributed by atoms with van der Waals surface area (Å²) < 4.78 is 29.6. The standard InChI is InChI=1S/C11H17N3O4S/c1-9-8-10(13-18-9)12-11(15)4-6-14-5-2-3-7-19(14,16)17/h8H,2-7H2,1H3,(H,12,13,15). The number of nitrogens with zero attached hydrogens (tertiary/aromatic N) is 2. The highest BCUT2D eigenvalue weighted by molar-refractivity contribution is 7.89. The van der Waals surface area contributed by atoms with E-state index in [4.69, 9.17) is 4.52 Å². The van der Waals surface area contributed by atoms with Crippen molar-refractivity contribution in [3.63, 3.8) is 0 Å². The van der Waals surface area contributed by atoms with Crippen LogP contribution in [0.3, 0.4) is 0 Å². The molecule has 106 valence electrons. The van der Waals surface area contributed by atoms with E-state index in [1.165, 1.54) is 4.31 Å². The molecule has 0 saturated carbocycles. The monoisotopic (exact) mass is 287 g/mol. The number of aromatic nitrogens is 1. The van der Waals surface area contributed by atoms with Gasteiger partial charge in [-0.05, 0) is 19.8 Å². The lowest BCUT2D eigenvalue weighted by Gasteiger charge is -2.25. The summed E-state index contributed by atoms with van der Waals surface area (Å²) in [6, 6.07) is 1.61. The van der Waals surface area contributed by atoms with E-state index in [9.17, 15) is 13.2 Å². The lowest BCUT2D eigenvalue weighted by Crippen LogP contribution is -2.39. The number of carbonyl (C=O) groups excluding carboxylic acids is 1. The summed E-state index contributed by atoms with van der Waals surface area (Å²) in [7, 11) is -3.17. The number of aryl methyl sites for hydroxylation is 1. The first-order valence-corrected chi connectivity index (χ1v) is 7.79. The van der Waals surface area contributed by atoms with Gasteiger partial charge in [-0.2, -0.15) is 0 Å². The fourth-order valence-electron chi connectivity index (χ4n) is 1.95. The molecule has 8 heteroatoms. The van der Waals surface area contributed by atoms with Crippen molar-refractivity contribution in [1.29, 1.82) is 0 Å². The third-order valence-electron chi connectivity index (χ3n) is 2.94. The summed E-state index contributed by atoms with van der Waals surface area (Å²) in [5, 5.41) is 6.20. The Morgan fingerprint density at radius 2 is 2.32 bits per heavy atom. The van der Waals surface area contributed by atoms with E-state index in [1.54, 1.807) is 13.0 Å². The molecule has 0 atom stereocenters. The molecule has 1 aromatic rings. The number of sulfonamides is 1. The minimum absolute atomic E-state index is 0.116. The van der Waals surface area contributed by atoms with Gasteiger partial charge in [0.25, 0.3) is 0 Å². The average Bonchev–Trinajstić information content (AvgIpc) is 2.73. The van der Waals surface area contributed by atoms with Crippen LogP contribution in [-0.4, -0.2) is 42.6 Å². The molecular formula is C11H17N3O4S. The van der Waals surface area contributed by atoms with Gasteiger partial charge in [0.15, 0.2) is 5.82 Å². The molecule has 1 amide bonds. The van der Waals surface area contributed by atoms with E-state index < -0.39 is 10.0 Å². The van der Waals surface area contributed by atoms with E-state index >= 15 is 0 Å². The van der Waals surface area contributed by atoms with Crippen LogP contribution in [0.25, 0.3) is 0 Å². The zero-order chi connectivity index (χ0) is 13.9. The van der Waals surface area contributed by atoms with Crippen LogP contribution >= 0.6 is 0 Å². The zero-order valence-electron chi connectivity index (χ0n) is 10.8. The predicted molar refractivity (Wildman–Crippen MR) is 69.1 cm³/mol. The van der Waals surface area contributed by atoms with E-state index in [0.29, 0.717) is 24.5 Å². The Labute approximate surface area is 112 Å². The van der Waals surface area contributed by atoms with Crippen LogP contribution in [0.1, 0.15) is 25.0 Å². The zero-order valence-corrected chi connectivity index (χ0v) is 11.6. The maximum absolute atomic E-state index is 11.7. The van der Waals surface area contributed by atoms with E-state index in [-0.39, 0.29) is 24.6 Å². The second-order valence-electron chi connectivity index (χ2n) is 4.54. The van der Waals surface area contributed by atoms with Crippen molar-refractivity contribution in [3.8, 4) is 0 Å². The minimum Gasteiger partial charge on any atom is -0.360 e. The van der Waals surface area contributed by atoms with Gasteiger partial charge in [0, 0.05) is 25.6 Å². The van der Waals surface area contributed by atoms with Crippen LogP contribution in [0.5, 0.6) is 0 Å². The lowest BCUT2D eigenvalue weighted by molar-refractivity contribution is -0.116. The molecule has 2 heterocycles. The van der Waals surface area contributed by atoms with E-state index in [1.807, 2.05) is 0 Å². The van der Waals surface area contributed by atoms with Gasteiger partial charge >= 0.3 is 0 Å². The minimum atomic E-state index is -3.17. The fourth-order valence-corrected chi connectivity index (χ4v) is 3.55. The molecule has 1 aliphatic heterocycles. The van der Waals surface area contributed by atoms with Crippen molar-refractivity contribution in [3.05, 3.63) is 11.8 Å². The number of anilines is 1. The average molecular weight is 287 g/mol. The predicted octanol–water partition coefficient (Wildman–Crippen LogP) is 0.737.